The summed E-state index contributed by atoms with van der Waals surface area (Å²) in [5.74, 6) is 0.779. The largest absolute Gasteiger partial charge is 0.394 e. The predicted molar refractivity (Wildman–Crippen MR) is 99.5 cm³/mol. The van der Waals surface area contributed by atoms with Crippen molar-refractivity contribution in [3.8, 4) is 11.3 Å². The van der Waals surface area contributed by atoms with Crippen molar-refractivity contribution in [2.24, 2.45) is 0 Å². The fourth-order valence-electron chi connectivity index (χ4n) is 2.42. The number of hydrogen-bond donors (Lipinski definition) is 3. The van der Waals surface area contributed by atoms with Gasteiger partial charge in [0, 0.05) is 21.8 Å². The van der Waals surface area contributed by atoms with Crippen LogP contribution in [0.1, 0.15) is 17.7 Å². The number of aryl methyl sites for hydroxylation is 1. The number of halogens is 1. The predicted octanol–water partition coefficient (Wildman–Crippen LogP) is 2.81. The molecule has 1 heterocycles. The van der Waals surface area contributed by atoms with E-state index in [0.717, 1.165) is 34.7 Å². The third-order valence-electron chi connectivity index (χ3n) is 3.78. The number of thioether (sulfide) groups is 1. The molecule has 2 aromatic rings. The lowest BCUT2D eigenvalue weighted by molar-refractivity contribution is -0.121. The SMILES string of the molecule is CSCC[C@@H](CO)NC(=O)Cc1c(-c2ccc(Cl)cc2)n[nH]c1C. The number of aliphatic hydroxyl groups excluding tert-OH is 1. The molecule has 0 fully saturated rings. The quantitative estimate of drug-likeness (QED) is 0.670. The van der Waals surface area contributed by atoms with Crippen molar-refractivity contribution in [2.75, 3.05) is 18.6 Å². The Balaban J connectivity index is 2.10. The maximum Gasteiger partial charge on any atom is 0.224 e. The zero-order chi connectivity index (χ0) is 17.5. The average molecular weight is 368 g/mol. The van der Waals surface area contributed by atoms with Gasteiger partial charge in [0.2, 0.25) is 5.91 Å². The molecule has 0 unspecified atom stereocenters. The van der Waals surface area contributed by atoms with Crippen molar-refractivity contribution in [1.82, 2.24) is 15.5 Å². The molecule has 7 heteroatoms. The molecule has 3 N–H and O–H groups in total. The number of H-pyrrole nitrogens is 1. The van der Waals surface area contributed by atoms with E-state index in [0.29, 0.717) is 5.02 Å². The number of benzene rings is 1. The molecule has 1 atom stereocenters. The van der Waals surface area contributed by atoms with Crippen LogP contribution in [-0.4, -0.2) is 45.9 Å². The number of aromatic nitrogens is 2. The van der Waals surface area contributed by atoms with Gasteiger partial charge in [0.1, 0.15) is 0 Å². The second kappa shape index (κ2) is 9.11. The monoisotopic (exact) mass is 367 g/mol. The lowest BCUT2D eigenvalue weighted by Gasteiger charge is -2.16. The van der Waals surface area contributed by atoms with E-state index in [1.807, 2.05) is 25.3 Å². The third kappa shape index (κ3) is 5.00. The number of nitrogens with zero attached hydrogens (tertiary/aromatic N) is 1. The maximum atomic E-state index is 12.3. The molecule has 0 saturated heterocycles. The molecule has 0 aliphatic heterocycles. The molecule has 0 spiro atoms. The fraction of sp³-hybridized carbons (Fsp3) is 0.412. The van der Waals surface area contributed by atoms with E-state index in [-0.39, 0.29) is 25.0 Å². The van der Waals surface area contributed by atoms with E-state index in [2.05, 4.69) is 15.5 Å². The summed E-state index contributed by atoms with van der Waals surface area (Å²) < 4.78 is 0. The number of carbonyl (C=O) groups excluding carboxylic acids is 1. The van der Waals surface area contributed by atoms with Gasteiger partial charge in [-0.05, 0) is 37.5 Å². The van der Waals surface area contributed by atoms with Crippen LogP contribution in [0.25, 0.3) is 11.3 Å². The standard InChI is InChI=1S/C17H22ClN3O2S/c1-11-15(9-16(23)19-14(10-22)7-8-24-2)17(21-20-11)12-3-5-13(18)6-4-12/h3-6,14,22H,7-10H2,1-2H3,(H,19,23)(H,20,21)/t14-/m0/s1. The van der Waals surface area contributed by atoms with Crippen LogP contribution < -0.4 is 5.32 Å². The normalized spacial score (nSPS) is 12.2. The Kier molecular flexibility index (Phi) is 7.15. The Morgan fingerprint density at radius 3 is 2.75 bits per heavy atom. The van der Waals surface area contributed by atoms with Gasteiger partial charge in [-0.2, -0.15) is 16.9 Å². The van der Waals surface area contributed by atoms with Gasteiger partial charge in [-0.1, -0.05) is 23.7 Å². The summed E-state index contributed by atoms with van der Waals surface area (Å²) in [6.07, 6.45) is 2.97. The summed E-state index contributed by atoms with van der Waals surface area (Å²) in [5.41, 5.74) is 3.38. The molecule has 24 heavy (non-hydrogen) atoms. The number of amides is 1. The van der Waals surface area contributed by atoms with Gasteiger partial charge in [-0.3, -0.25) is 9.89 Å². The van der Waals surface area contributed by atoms with E-state index >= 15 is 0 Å². The van der Waals surface area contributed by atoms with Crippen LogP contribution in [0.15, 0.2) is 24.3 Å². The van der Waals surface area contributed by atoms with Gasteiger partial charge < -0.3 is 10.4 Å². The molecule has 1 aromatic carbocycles. The smallest absolute Gasteiger partial charge is 0.224 e. The molecule has 0 bridgehead atoms. The van der Waals surface area contributed by atoms with Gasteiger partial charge >= 0.3 is 0 Å². The number of rotatable bonds is 8. The van der Waals surface area contributed by atoms with E-state index in [4.69, 9.17) is 11.6 Å². The zero-order valence-electron chi connectivity index (χ0n) is 13.8. The molecule has 1 aromatic heterocycles. The number of aliphatic hydroxyl groups is 1. The molecule has 1 amide bonds. The molecular formula is C17H22ClN3O2S. The van der Waals surface area contributed by atoms with E-state index < -0.39 is 0 Å². The summed E-state index contributed by atoms with van der Waals surface area (Å²) in [6, 6.07) is 7.16. The molecule has 0 radical (unpaired) electrons. The highest BCUT2D eigenvalue weighted by molar-refractivity contribution is 7.98. The summed E-state index contributed by atoms with van der Waals surface area (Å²) in [7, 11) is 0. The molecule has 130 valence electrons. The van der Waals surface area contributed by atoms with Crippen LogP contribution in [0.3, 0.4) is 0 Å². The summed E-state index contributed by atoms with van der Waals surface area (Å²) >= 11 is 7.62. The molecule has 2 rings (SSSR count). The van der Waals surface area contributed by atoms with Gasteiger partial charge in [0.25, 0.3) is 0 Å². The van der Waals surface area contributed by atoms with Crippen molar-refractivity contribution in [3.63, 3.8) is 0 Å². The highest BCUT2D eigenvalue weighted by Crippen LogP contribution is 2.25. The van der Waals surface area contributed by atoms with Crippen LogP contribution in [0.4, 0.5) is 0 Å². The molecule has 0 aliphatic carbocycles. The van der Waals surface area contributed by atoms with Crippen molar-refractivity contribution in [1.29, 1.82) is 0 Å². The number of nitrogens with one attached hydrogen (secondary N) is 2. The van der Waals surface area contributed by atoms with Crippen LogP contribution in [0, 0.1) is 6.92 Å². The van der Waals surface area contributed by atoms with E-state index in [9.17, 15) is 9.90 Å². The highest BCUT2D eigenvalue weighted by atomic mass is 35.5. The second-order valence-corrected chi connectivity index (χ2v) is 7.01. The van der Waals surface area contributed by atoms with Gasteiger partial charge in [0.15, 0.2) is 0 Å². The third-order valence-corrected chi connectivity index (χ3v) is 4.68. The summed E-state index contributed by atoms with van der Waals surface area (Å²) in [4.78, 5) is 12.3. The Morgan fingerprint density at radius 1 is 1.42 bits per heavy atom. The minimum Gasteiger partial charge on any atom is -0.394 e. The van der Waals surface area contributed by atoms with Crippen molar-refractivity contribution >= 4 is 29.3 Å². The first-order chi connectivity index (χ1) is 11.5. The maximum absolute atomic E-state index is 12.3. The van der Waals surface area contributed by atoms with Crippen molar-refractivity contribution in [3.05, 3.63) is 40.5 Å². The van der Waals surface area contributed by atoms with Crippen LogP contribution >= 0.6 is 23.4 Å². The van der Waals surface area contributed by atoms with Crippen LogP contribution in [-0.2, 0) is 11.2 Å². The van der Waals surface area contributed by atoms with Gasteiger partial charge in [0.05, 0.1) is 24.8 Å². The first kappa shape index (κ1) is 18.8. The summed E-state index contributed by atoms with van der Waals surface area (Å²) in [5, 5.41) is 20.2. The Labute approximate surface area is 151 Å². The van der Waals surface area contributed by atoms with E-state index in [1.54, 1.807) is 23.9 Å². The molecule has 5 nitrogen and oxygen atoms in total. The first-order valence-corrected chi connectivity index (χ1v) is 9.51. The molecule has 0 saturated carbocycles. The minimum atomic E-state index is -0.212. The second-order valence-electron chi connectivity index (χ2n) is 5.59. The fourth-order valence-corrected chi connectivity index (χ4v) is 3.07. The lowest BCUT2D eigenvalue weighted by Crippen LogP contribution is -2.38. The van der Waals surface area contributed by atoms with Crippen LogP contribution in [0.5, 0.6) is 0 Å². The Hall–Kier alpha value is -1.50. The van der Waals surface area contributed by atoms with Gasteiger partial charge in [-0.25, -0.2) is 0 Å². The number of hydrogen-bond acceptors (Lipinski definition) is 4. The number of carbonyl (C=O) groups is 1. The Morgan fingerprint density at radius 2 is 2.12 bits per heavy atom. The van der Waals surface area contributed by atoms with Gasteiger partial charge in [-0.15, -0.1) is 0 Å². The van der Waals surface area contributed by atoms with Crippen molar-refractivity contribution < 1.29 is 9.90 Å². The zero-order valence-corrected chi connectivity index (χ0v) is 15.4. The lowest BCUT2D eigenvalue weighted by atomic mass is 10.0. The Bertz CT molecular complexity index is 673. The average Bonchev–Trinajstić information content (AvgIpc) is 2.93. The van der Waals surface area contributed by atoms with Crippen molar-refractivity contribution in [2.45, 2.75) is 25.8 Å². The molecule has 0 aliphatic rings. The number of aromatic amines is 1. The minimum absolute atomic E-state index is 0.0549. The summed E-state index contributed by atoms with van der Waals surface area (Å²) in [6.45, 7) is 1.84. The van der Waals surface area contributed by atoms with Crippen LogP contribution in [0.2, 0.25) is 5.02 Å². The topological polar surface area (TPSA) is 78.0 Å². The van der Waals surface area contributed by atoms with E-state index in [1.165, 1.54) is 0 Å². The first-order valence-electron chi connectivity index (χ1n) is 7.74. The molecular weight excluding hydrogens is 346 g/mol. The highest BCUT2D eigenvalue weighted by Gasteiger charge is 2.18.